The predicted molar refractivity (Wildman–Crippen MR) is 110 cm³/mol. The molecule has 0 heterocycles. The Balaban J connectivity index is 1.61. The second-order valence-corrected chi connectivity index (χ2v) is 7.67. The summed E-state index contributed by atoms with van der Waals surface area (Å²) in [5.41, 5.74) is 7.37. The van der Waals surface area contributed by atoms with Crippen molar-refractivity contribution in [1.82, 2.24) is 4.90 Å². The van der Waals surface area contributed by atoms with Gasteiger partial charge in [-0.2, -0.15) is 0 Å². The number of nitrogens with two attached hydrogens (primary N) is 1. The molecule has 1 unspecified atom stereocenters. The van der Waals surface area contributed by atoms with E-state index >= 15 is 0 Å². The number of benzene rings is 2. The quantitative estimate of drug-likeness (QED) is 0.627. The molecule has 1 atom stereocenters. The first-order valence-electron chi connectivity index (χ1n) is 10.0. The van der Waals surface area contributed by atoms with Crippen LogP contribution in [0.3, 0.4) is 0 Å². The predicted octanol–water partition coefficient (Wildman–Crippen LogP) is 3.54. The van der Waals surface area contributed by atoms with Crippen molar-refractivity contribution in [3.05, 3.63) is 59.4 Å². The minimum Gasteiger partial charge on any atom is -0.493 e. The van der Waals surface area contributed by atoms with Crippen LogP contribution in [0.1, 0.15) is 30.9 Å². The third-order valence-electron chi connectivity index (χ3n) is 5.35. The monoisotopic (exact) mass is 400 g/mol. The Kier molecular flexibility index (Phi) is 7.09. The van der Waals surface area contributed by atoms with Gasteiger partial charge in [0.15, 0.2) is 11.5 Å². The molecule has 1 amide bonds. The van der Waals surface area contributed by atoms with Gasteiger partial charge in [0.2, 0.25) is 5.91 Å². The summed E-state index contributed by atoms with van der Waals surface area (Å²) in [6.45, 7) is 3.80. The van der Waals surface area contributed by atoms with Gasteiger partial charge in [0.25, 0.3) is 0 Å². The first-order valence-corrected chi connectivity index (χ1v) is 10.0. The summed E-state index contributed by atoms with van der Waals surface area (Å²) in [5, 5.41) is 0. The zero-order chi connectivity index (χ0) is 20.8. The molecule has 0 aromatic heterocycles. The molecule has 0 bridgehead atoms. The fourth-order valence-electron chi connectivity index (χ4n) is 3.30. The number of primary amides is 1. The third-order valence-corrected chi connectivity index (χ3v) is 5.35. The van der Waals surface area contributed by atoms with Gasteiger partial charge in [0.1, 0.15) is 12.4 Å². The topological polar surface area (TPSA) is 64.8 Å². The molecule has 5 nitrogen and oxygen atoms in total. The van der Waals surface area contributed by atoms with Crippen molar-refractivity contribution in [3.8, 4) is 11.5 Å². The number of hydrogen-bond acceptors (Lipinski definition) is 4. The van der Waals surface area contributed by atoms with Gasteiger partial charge in [0, 0.05) is 13.1 Å². The van der Waals surface area contributed by atoms with E-state index in [1.54, 1.807) is 13.2 Å². The van der Waals surface area contributed by atoms with Crippen LogP contribution in [0.25, 0.3) is 0 Å². The van der Waals surface area contributed by atoms with Gasteiger partial charge in [0.05, 0.1) is 13.2 Å². The molecule has 1 fully saturated rings. The minimum atomic E-state index is -0.288. The van der Waals surface area contributed by atoms with Gasteiger partial charge >= 0.3 is 0 Å². The van der Waals surface area contributed by atoms with E-state index in [2.05, 4.69) is 4.90 Å². The largest absolute Gasteiger partial charge is 0.493 e. The second kappa shape index (κ2) is 9.74. The van der Waals surface area contributed by atoms with E-state index in [4.69, 9.17) is 15.2 Å². The van der Waals surface area contributed by atoms with Crippen molar-refractivity contribution < 1.29 is 18.7 Å². The molecule has 29 heavy (non-hydrogen) atoms. The number of rotatable bonds is 11. The minimum absolute atomic E-state index is 0.263. The lowest BCUT2D eigenvalue weighted by Crippen LogP contribution is -2.44. The maximum Gasteiger partial charge on any atom is 0.234 e. The number of carbonyl (C=O) groups excluding carboxylic acids is 1. The van der Waals surface area contributed by atoms with Gasteiger partial charge in [-0.1, -0.05) is 18.2 Å². The van der Waals surface area contributed by atoms with E-state index in [1.165, 1.54) is 25.0 Å². The Morgan fingerprint density at radius 2 is 2.00 bits per heavy atom. The molecular formula is C23H29FN2O3. The molecule has 0 aliphatic heterocycles. The molecule has 3 rings (SSSR count). The lowest BCUT2D eigenvalue weighted by Gasteiger charge is -2.27. The zero-order valence-corrected chi connectivity index (χ0v) is 17.1. The average Bonchev–Trinajstić information content (AvgIpc) is 3.53. The second-order valence-electron chi connectivity index (χ2n) is 7.67. The Hall–Kier alpha value is -2.60. The summed E-state index contributed by atoms with van der Waals surface area (Å²) in [6, 6.07) is 11.9. The third kappa shape index (κ3) is 6.19. The number of methoxy groups -OCH3 is 1. The summed E-state index contributed by atoms with van der Waals surface area (Å²) < 4.78 is 24.6. The highest BCUT2D eigenvalue weighted by Crippen LogP contribution is 2.31. The Labute approximate surface area is 171 Å². The van der Waals surface area contributed by atoms with E-state index in [-0.39, 0.29) is 24.4 Å². The fraction of sp³-hybridized carbons (Fsp3) is 0.435. The standard InChI is InChI=1S/C23H29FN2O3/c1-16(23(25)27)26(14-18-6-7-18)11-10-17-8-9-21(22(13-17)28-2)29-15-19-4-3-5-20(24)12-19/h3-5,8-9,12-13,16,18H,6-7,10-11,14-15H2,1-2H3,(H2,25,27). The van der Waals surface area contributed by atoms with Crippen molar-refractivity contribution in [2.45, 2.75) is 38.8 Å². The molecule has 1 aliphatic carbocycles. The molecule has 1 aliphatic rings. The Morgan fingerprint density at radius 3 is 2.66 bits per heavy atom. The zero-order valence-electron chi connectivity index (χ0n) is 17.1. The first kappa shape index (κ1) is 21.1. The highest BCUT2D eigenvalue weighted by Gasteiger charge is 2.28. The summed E-state index contributed by atoms with van der Waals surface area (Å²) in [4.78, 5) is 13.8. The van der Waals surface area contributed by atoms with Crippen molar-refractivity contribution in [2.75, 3.05) is 20.2 Å². The van der Waals surface area contributed by atoms with E-state index in [1.807, 2.05) is 31.2 Å². The van der Waals surface area contributed by atoms with Crippen molar-refractivity contribution >= 4 is 5.91 Å². The normalized spacial score (nSPS) is 14.6. The summed E-state index contributed by atoms with van der Waals surface area (Å²) in [5.74, 6) is 1.36. The number of carbonyl (C=O) groups is 1. The Bertz CT molecular complexity index is 839. The molecule has 6 heteroatoms. The molecule has 1 saturated carbocycles. The lowest BCUT2D eigenvalue weighted by molar-refractivity contribution is -0.122. The highest BCUT2D eigenvalue weighted by atomic mass is 19.1. The SMILES string of the molecule is COc1cc(CCN(CC2CC2)C(C)C(N)=O)ccc1OCc1cccc(F)c1. The van der Waals surface area contributed by atoms with E-state index in [0.717, 1.165) is 30.6 Å². The molecule has 0 radical (unpaired) electrons. The van der Waals surface area contributed by atoms with Crippen LogP contribution < -0.4 is 15.2 Å². The molecule has 2 N–H and O–H groups in total. The molecular weight excluding hydrogens is 371 g/mol. The van der Waals surface area contributed by atoms with Gasteiger partial charge in [-0.05, 0) is 67.5 Å². The van der Waals surface area contributed by atoms with Crippen LogP contribution in [0.15, 0.2) is 42.5 Å². The maximum absolute atomic E-state index is 13.3. The van der Waals surface area contributed by atoms with Crippen LogP contribution in [0, 0.1) is 11.7 Å². The molecule has 0 saturated heterocycles. The molecule has 2 aromatic carbocycles. The maximum atomic E-state index is 13.3. The van der Waals surface area contributed by atoms with Gasteiger partial charge in [-0.3, -0.25) is 9.69 Å². The molecule has 2 aromatic rings. The van der Waals surface area contributed by atoms with Gasteiger partial charge in [-0.25, -0.2) is 4.39 Å². The summed E-state index contributed by atoms with van der Waals surface area (Å²) in [7, 11) is 1.60. The number of amides is 1. The van der Waals surface area contributed by atoms with Crippen molar-refractivity contribution in [1.29, 1.82) is 0 Å². The molecule has 0 spiro atoms. The lowest BCUT2D eigenvalue weighted by atomic mass is 10.1. The van der Waals surface area contributed by atoms with E-state index < -0.39 is 0 Å². The molecule has 156 valence electrons. The van der Waals surface area contributed by atoms with Crippen LogP contribution in [0.5, 0.6) is 11.5 Å². The number of halogens is 1. The highest BCUT2D eigenvalue weighted by molar-refractivity contribution is 5.79. The van der Waals surface area contributed by atoms with Crippen molar-refractivity contribution in [2.24, 2.45) is 11.7 Å². The van der Waals surface area contributed by atoms with Gasteiger partial charge < -0.3 is 15.2 Å². The summed E-state index contributed by atoms with van der Waals surface area (Å²) >= 11 is 0. The average molecular weight is 400 g/mol. The fourth-order valence-corrected chi connectivity index (χ4v) is 3.30. The van der Waals surface area contributed by atoms with Crippen LogP contribution in [-0.2, 0) is 17.8 Å². The van der Waals surface area contributed by atoms with Crippen LogP contribution in [0.4, 0.5) is 4.39 Å². The van der Waals surface area contributed by atoms with Crippen LogP contribution >= 0.6 is 0 Å². The smallest absolute Gasteiger partial charge is 0.234 e. The first-order chi connectivity index (χ1) is 14.0. The Morgan fingerprint density at radius 1 is 1.21 bits per heavy atom. The number of ether oxygens (including phenoxy) is 2. The van der Waals surface area contributed by atoms with Gasteiger partial charge in [-0.15, -0.1) is 0 Å². The number of nitrogens with zero attached hydrogens (tertiary/aromatic N) is 1. The van der Waals surface area contributed by atoms with E-state index in [0.29, 0.717) is 17.4 Å². The van der Waals surface area contributed by atoms with E-state index in [9.17, 15) is 9.18 Å². The number of hydrogen-bond donors (Lipinski definition) is 1. The van der Waals surface area contributed by atoms with Crippen LogP contribution in [-0.4, -0.2) is 37.0 Å². The van der Waals surface area contributed by atoms with Crippen LogP contribution in [0.2, 0.25) is 0 Å². The van der Waals surface area contributed by atoms with Crippen molar-refractivity contribution in [3.63, 3.8) is 0 Å². The summed E-state index contributed by atoms with van der Waals surface area (Å²) in [6.07, 6.45) is 3.24.